The maximum Gasteiger partial charge on any atom is 0.335 e. The second kappa shape index (κ2) is 8.85. The van der Waals surface area contributed by atoms with Gasteiger partial charge in [0.25, 0.3) is 0 Å². The molecule has 2 aromatic carbocycles. The van der Waals surface area contributed by atoms with Crippen LogP contribution >= 0.6 is 0 Å². The predicted molar refractivity (Wildman–Crippen MR) is 123 cm³/mol. The van der Waals surface area contributed by atoms with Gasteiger partial charge in [0.1, 0.15) is 5.83 Å². The third-order valence-corrected chi connectivity index (χ3v) is 7.49. The number of sulfonamides is 1. The summed E-state index contributed by atoms with van der Waals surface area (Å²) in [5.74, 6) is -1.50. The SMILES string of the molecule is Cc1c(-c2c(C)n(C/C(F)=C/CN)c3ccc(C(=O)O)cc23)cccc1S(=O)(=O)N(C)C. The topological polar surface area (TPSA) is 106 Å². The van der Waals surface area contributed by atoms with Crippen molar-refractivity contribution in [2.45, 2.75) is 25.3 Å². The molecule has 3 aromatic rings. The molecule has 3 N–H and O–H groups in total. The number of hydrogen-bond donors (Lipinski definition) is 2. The molecule has 0 amide bonds. The van der Waals surface area contributed by atoms with E-state index >= 15 is 0 Å². The van der Waals surface area contributed by atoms with Crippen molar-refractivity contribution in [2.75, 3.05) is 20.6 Å². The van der Waals surface area contributed by atoms with Crippen LogP contribution in [0.25, 0.3) is 22.0 Å². The van der Waals surface area contributed by atoms with Gasteiger partial charge in [-0.05, 0) is 55.3 Å². The normalized spacial score (nSPS) is 12.7. The van der Waals surface area contributed by atoms with Crippen LogP contribution in [0.4, 0.5) is 4.39 Å². The zero-order valence-electron chi connectivity index (χ0n) is 18.4. The number of carboxylic acids is 1. The number of rotatable bonds is 7. The Morgan fingerprint density at radius 2 is 1.91 bits per heavy atom. The van der Waals surface area contributed by atoms with Crippen molar-refractivity contribution in [3.05, 3.63) is 65.1 Å². The highest BCUT2D eigenvalue weighted by molar-refractivity contribution is 7.89. The Bertz CT molecular complexity index is 1340. The summed E-state index contributed by atoms with van der Waals surface area (Å²) in [7, 11) is -0.771. The van der Waals surface area contributed by atoms with E-state index in [-0.39, 0.29) is 23.5 Å². The lowest BCUT2D eigenvalue weighted by molar-refractivity contribution is 0.0697. The number of benzene rings is 2. The average Bonchev–Trinajstić information content (AvgIpc) is 2.99. The first-order chi connectivity index (χ1) is 15.0. The molecule has 1 aromatic heterocycles. The molecule has 0 bridgehead atoms. The number of carboxylic acid groups (broad SMARTS) is 1. The number of carbonyl (C=O) groups is 1. The van der Waals surface area contributed by atoms with Gasteiger partial charge in [0.05, 0.1) is 17.0 Å². The highest BCUT2D eigenvalue weighted by atomic mass is 32.2. The molecule has 32 heavy (non-hydrogen) atoms. The van der Waals surface area contributed by atoms with E-state index in [0.29, 0.717) is 33.3 Å². The molecular formula is C23H26FN3O4S. The minimum Gasteiger partial charge on any atom is -0.478 e. The maximum atomic E-state index is 14.4. The van der Waals surface area contributed by atoms with Crippen molar-refractivity contribution < 1.29 is 22.7 Å². The van der Waals surface area contributed by atoms with E-state index in [0.717, 1.165) is 4.31 Å². The van der Waals surface area contributed by atoms with Crippen molar-refractivity contribution in [2.24, 2.45) is 5.73 Å². The number of nitrogens with two attached hydrogens (primary N) is 1. The summed E-state index contributed by atoms with van der Waals surface area (Å²) < 4.78 is 42.9. The van der Waals surface area contributed by atoms with Crippen molar-refractivity contribution in [1.82, 2.24) is 8.87 Å². The van der Waals surface area contributed by atoms with E-state index in [1.54, 1.807) is 36.6 Å². The van der Waals surface area contributed by atoms with Gasteiger partial charge in [-0.25, -0.2) is 21.9 Å². The standard InChI is InChI=1S/C23H26FN3O4S/c1-14-18(6-5-7-21(14)32(30,31)26(3)4)22-15(2)27(13-17(24)10-11-25)20-9-8-16(23(28)29)12-19(20)22/h5-10,12H,11,13,25H2,1-4H3,(H,28,29)/b17-10-. The van der Waals surface area contributed by atoms with Crippen molar-refractivity contribution in [3.8, 4) is 11.1 Å². The summed E-state index contributed by atoms with van der Waals surface area (Å²) in [6.07, 6.45) is 1.28. The van der Waals surface area contributed by atoms with Crippen LogP contribution in [0.15, 0.2) is 53.2 Å². The molecule has 0 unspecified atom stereocenters. The van der Waals surface area contributed by atoms with E-state index in [1.807, 2.05) is 0 Å². The van der Waals surface area contributed by atoms with Crippen molar-refractivity contribution >= 4 is 26.9 Å². The lowest BCUT2D eigenvalue weighted by Gasteiger charge is -2.16. The molecule has 170 valence electrons. The maximum absolute atomic E-state index is 14.4. The predicted octanol–water partition coefficient (Wildman–Crippen LogP) is 3.69. The van der Waals surface area contributed by atoms with Gasteiger partial charge in [0.15, 0.2) is 0 Å². The molecule has 0 saturated heterocycles. The van der Waals surface area contributed by atoms with Gasteiger partial charge >= 0.3 is 5.97 Å². The fourth-order valence-electron chi connectivity index (χ4n) is 3.86. The van der Waals surface area contributed by atoms with E-state index in [9.17, 15) is 22.7 Å². The Kier molecular flexibility index (Phi) is 6.54. The molecule has 0 aliphatic heterocycles. The van der Waals surface area contributed by atoms with Gasteiger partial charge in [0, 0.05) is 42.8 Å². The summed E-state index contributed by atoms with van der Waals surface area (Å²) in [4.78, 5) is 11.8. The largest absolute Gasteiger partial charge is 0.478 e. The quantitative estimate of drug-likeness (QED) is 0.561. The van der Waals surface area contributed by atoms with Crippen LogP contribution in [0.3, 0.4) is 0 Å². The molecule has 0 aliphatic rings. The molecule has 1 heterocycles. The molecule has 0 spiro atoms. The first-order valence-corrected chi connectivity index (χ1v) is 11.4. The lowest BCUT2D eigenvalue weighted by Crippen LogP contribution is -2.23. The number of aromatic carboxylic acids is 1. The molecule has 3 rings (SSSR count). The van der Waals surface area contributed by atoms with Crippen LogP contribution < -0.4 is 5.73 Å². The van der Waals surface area contributed by atoms with Gasteiger partial charge in [-0.15, -0.1) is 0 Å². The third kappa shape index (κ3) is 4.06. The lowest BCUT2D eigenvalue weighted by atomic mass is 9.97. The average molecular weight is 460 g/mol. The number of fused-ring (bicyclic) bond motifs is 1. The summed E-state index contributed by atoms with van der Waals surface area (Å²) in [5, 5.41) is 10.1. The van der Waals surface area contributed by atoms with Gasteiger partial charge in [-0.2, -0.15) is 0 Å². The molecule has 0 fully saturated rings. The Balaban J connectivity index is 2.38. The Hall–Kier alpha value is -3.01. The third-order valence-electron chi connectivity index (χ3n) is 5.53. The van der Waals surface area contributed by atoms with Gasteiger partial charge in [-0.1, -0.05) is 12.1 Å². The number of aromatic nitrogens is 1. The van der Waals surface area contributed by atoms with Gasteiger partial charge in [-0.3, -0.25) is 0 Å². The fraction of sp³-hybridized carbons (Fsp3) is 0.261. The van der Waals surface area contributed by atoms with Crippen molar-refractivity contribution in [3.63, 3.8) is 0 Å². The summed E-state index contributed by atoms with van der Waals surface area (Å²) in [6.45, 7) is 3.51. The Morgan fingerprint density at radius 3 is 2.50 bits per heavy atom. The zero-order valence-corrected chi connectivity index (χ0v) is 19.2. The second-order valence-electron chi connectivity index (χ2n) is 7.69. The fourth-order valence-corrected chi connectivity index (χ4v) is 5.00. The molecular weight excluding hydrogens is 433 g/mol. The molecule has 0 atom stereocenters. The number of hydrogen-bond acceptors (Lipinski definition) is 4. The monoisotopic (exact) mass is 459 g/mol. The van der Waals surface area contributed by atoms with Crippen molar-refractivity contribution in [1.29, 1.82) is 0 Å². The summed E-state index contributed by atoms with van der Waals surface area (Å²) >= 11 is 0. The Morgan fingerprint density at radius 1 is 1.22 bits per heavy atom. The molecule has 0 radical (unpaired) electrons. The summed E-state index contributed by atoms with van der Waals surface area (Å²) in [5.41, 5.74) is 8.68. The molecule has 0 saturated carbocycles. The van der Waals surface area contributed by atoms with Crippen LogP contribution in [0, 0.1) is 13.8 Å². The van der Waals surface area contributed by atoms with Crippen LogP contribution in [0.5, 0.6) is 0 Å². The van der Waals surface area contributed by atoms with Crippen LogP contribution in [-0.2, 0) is 16.6 Å². The smallest absolute Gasteiger partial charge is 0.335 e. The minimum atomic E-state index is -3.70. The zero-order chi connectivity index (χ0) is 23.8. The second-order valence-corrected chi connectivity index (χ2v) is 9.81. The van der Waals surface area contributed by atoms with E-state index in [1.165, 1.54) is 38.4 Å². The first kappa shape index (κ1) is 23.6. The highest BCUT2D eigenvalue weighted by Gasteiger charge is 2.24. The Labute approximate surface area is 186 Å². The number of allylic oxidation sites excluding steroid dienone is 1. The van der Waals surface area contributed by atoms with Gasteiger partial charge < -0.3 is 15.4 Å². The molecule has 0 aliphatic carbocycles. The van der Waals surface area contributed by atoms with Crippen LogP contribution in [0.2, 0.25) is 0 Å². The number of nitrogens with zero attached hydrogens (tertiary/aromatic N) is 2. The summed E-state index contributed by atoms with van der Waals surface area (Å²) in [6, 6.07) is 9.62. The van der Waals surface area contributed by atoms with Crippen LogP contribution in [-0.4, -0.2) is 49.0 Å². The van der Waals surface area contributed by atoms with Crippen LogP contribution in [0.1, 0.15) is 21.6 Å². The van der Waals surface area contributed by atoms with E-state index in [2.05, 4.69) is 0 Å². The van der Waals surface area contributed by atoms with E-state index in [4.69, 9.17) is 5.73 Å². The molecule has 7 nitrogen and oxygen atoms in total. The number of halogens is 1. The molecule has 9 heteroatoms. The first-order valence-electron chi connectivity index (χ1n) is 9.94. The highest BCUT2D eigenvalue weighted by Crippen LogP contribution is 2.39. The minimum absolute atomic E-state index is 0.0592. The van der Waals surface area contributed by atoms with E-state index < -0.39 is 21.8 Å². The van der Waals surface area contributed by atoms with Gasteiger partial charge in [0.2, 0.25) is 10.0 Å².